The minimum absolute atomic E-state index is 0.189. The molecule has 0 aromatic heterocycles. The van der Waals surface area contributed by atoms with Gasteiger partial charge in [0, 0.05) is 12.6 Å². The van der Waals surface area contributed by atoms with Gasteiger partial charge in [0.05, 0.1) is 0 Å². The molecule has 2 unspecified atom stereocenters. The second kappa shape index (κ2) is 6.95. The third kappa shape index (κ3) is 4.39. The predicted molar refractivity (Wildman–Crippen MR) is 76.5 cm³/mol. The SMILES string of the molecule is CCC1CCCCC1NC(=O)N(CC(=O)O)CC1CC1. The summed E-state index contributed by atoms with van der Waals surface area (Å²) in [5.41, 5.74) is 0. The molecule has 0 bridgehead atoms. The molecular weight excluding hydrogens is 256 g/mol. The number of carbonyl (C=O) groups excluding carboxylic acids is 1. The van der Waals surface area contributed by atoms with Crippen LogP contribution in [0.3, 0.4) is 0 Å². The molecule has 0 radical (unpaired) electrons. The minimum Gasteiger partial charge on any atom is -0.480 e. The molecule has 114 valence electrons. The van der Waals surface area contributed by atoms with Crippen LogP contribution in [0.4, 0.5) is 4.79 Å². The summed E-state index contributed by atoms with van der Waals surface area (Å²) in [5, 5.41) is 12.0. The van der Waals surface area contributed by atoms with Crippen LogP contribution < -0.4 is 5.32 Å². The summed E-state index contributed by atoms with van der Waals surface area (Å²) in [5.74, 6) is 0.116. The van der Waals surface area contributed by atoms with Gasteiger partial charge in [-0.3, -0.25) is 4.79 Å². The molecule has 5 nitrogen and oxygen atoms in total. The van der Waals surface area contributed by atoms with Crippen molar-refractivity contribution in [2.75, 3.05) is 13.1 Å². The number of carbonyl (C=O) groups is 2. The lowest BCUT2D eigenvalue weighted by atomic mass is 9.83. The quantitative estimate of drug-likeness (QED) is 0.786. The largest absolute Gasteiger partial charge is 0.480 e. The second-order valence-electron chi connectivity index (χ2n) is 6.23. The van der Waals surface area contributed by atoms with Crippen LogP contribution in [0.15, 0.2) is 0 Å². The Balaban J connectivity index is 1.89. The van der Waals surface area contributed by atoms with E-state index in [-0.39, 0.29) is 18.6 Å². The molecule has 5 heteroatoms. The van der Waals surface area contributed by atoms with E-state index in [1.807, 2.05) is 0 Å². The molecule has 20 heavy (non-hydrogen) atoms. The smallest absolute Gasteiger partial charge is 0.323 e. The summed E-state index contributed by atoms with van der Waals surface area (Å²) in [6.07, 6.45) is 7.90. The normalized spacial score (nSPS) is 26.1. The van der Waals surface area contributed by atoms with Crippen LogP contribution >= 0.6 is 0 Å². The van der Waals surface area contributed by atoms with Crippen LogP contribution in [0.2, 0.25) is 0 Å². The number of carboxylic acids is 1. The molecule has 0 aromatic carbocycles. The number of carboxylic acid groups (broad SMARTS) is 1. The molecular formula is C15H26N2O3. The lowest BCUT2D eigenvalue weighted by Crippen LogP contribution is -2.50. The van der Waals surface area contributed by atoms with Gasteiger partial charge >= 0.3 is 12.0 Å². The van der Waals surface area contributed by atoms with E-state index in [2.05, 4.69) is 12.2 Å². The highest BCUT2D eigenvalue weighted by molar-refractivity contribution is 5.80. The fourth-order valence-corrected chi connectivity index (χ4v) is 3.13. The molecule has 0 heterocycles. The van der Waals surface area contributed by atoms with Gasteiger partial charge in [0.15, 0.2) is 0 Å². The fourth-order valence-electron chi connectivity index (χ4n) is 3.13. The van der Waals surface area contributed by atoms with Crippen LogP contribution in [0.1, 0.15) is 51.9 Å². The van der Waals surface area contributed by atoms with E-state index in [9.17, 15) is 9.59 Å². The van der Waals surface area contributed by atoms with Crippen molar-refractivity contribution < 1.29 is 14.7 Å². The van der Waals surface area contributed by atoms with Crippen LogP contribution in [0, 0.1) is 11.8 Å². The Morgan fingerprint density at radius 1 is 1.20 bits per heavy atom. The van der Waals surface area contributed by atoms with Crippen molar-refractivity contribution in [1.82, 2.24) is 10.2 Å². The van der Waals surface area contributed by atoms with E-state index in [1.165, 1.54) is 17.7 Å². The van der Waals surface area contributed by atoms with Crippen molar-refractivity contribution in [3.05, 3.63) is 0 Å². The first-order chi connectivity index (χ1) is 9.60. The van der Waals surface area contributed by atoms with Gasteiger partial charge in [-0.15, -0.1) is 0 Å². The first-order valence-corrected chi connectivity index (χ1v) is 7.87. The maximum Gasteiger partial charge on any atom is 0.323 e. The molecule has 0 aromatic rings. The topological polar surface area (TPSA) is 69.6 Å². The summed E-state index contributed by atoms with van der Waals surface area (Å²) < 4.78 is 0. The van der Waals surface area contributed by atoms with Crippen LogP contribution in [-0.4, -0.2) is 41.1 Å². The average molecular weight is 282 g/mol. The lowest BCUT2D eigenvalue weighted by Gasteiger charge is -2.33. The molecule has 2 aliphatic carbocycles. The number of rotatable bonds is 6. The molecule has 2 atom stereocenters. The minimum atomic E-state index is -0.934. The third-order valence-electron chi connectivity index (χ3n) is 4.53. The molecule has 2 aliphatic rings. The first-order valence-electron chi connectivity index (χ1n) is 7.87. The van der Waals surface area contributed by atoms with Crippen LogP contribution in [0.5, 0.6) is 0 Å². The van der Waals surface area contributed by atoms with Crippen LogP contribution in [-0.2, 0) is 4.79 Å². The molecule has 0 aliphatic heterocycles. The van der Waals surface area contributed by atoms with E-state index in [4.69, 9.17) is 5.11 Å². The fraction of sp³-hybridized carbons (Fsp3) is 0.867. The van der Waals surface area contributed by atoms with Crippen molar-refractivity contribution in [2.24, 2.45) is 11.8 Å². The molecule has 0 saturated heterocycles. The Hall–Kier alpha value is -1.26. The Labute approximate surface area is 120 Å². The van der Waals surface area contributed by atoms with Crippen molar-refractivity contribution in [3.8, 4) is 0 Å². The van der Waals surface area contributed by atoms with Crippen molar-refractivity contribution in [2.45, 2.75) is 57.9 Å². The van der Waals surface area contributed by atoms with Gasteiger partial charge in [0.1, 0.15) is 6.54 Å². The predicted octanol–water partition coefficient (Wildman–Crippen LogP) is 2.46. The number of nitrogens with zero attached hydrogens (tertiary/aromatic N) is 1. The number of hydrogen-bond acceptors (Lipinski definition) is 2. The Bertz CT molecular complexity index is 355. The average Bonchev–Trinajstić information content (AvgIpc) is 3.22. The zero-order valence-corrected chi connectivity index (χ0v) is 12.3. The van der Waals surface area contributed by atoms with Crippen molar-refractivity contribution >= 4 is 12.0 Å². The highest BCUT2D eigenvalue weighted by Crippen LogP contribution is 2.30. The van der Waals surface area contributed by atoms with Gasteiger partial charge in [-0.1, -0.05) is 26.2 Å². The van der Waals surface area contributed by atoms with Gasteiger partial charge in [-0.2, -0.15) is 0 Å². The number of aliphatic carboxylic acids is 1. The Kier molecular flexibility index (Phi) is 5.26. The van der Waals surface area contributed by atoms with Gasteiger partial charge in [0.2, 0.25) is 0 Å². The monoisotopic (exact) mass is 282 g/mol. The number of urea groups is 1. The molecule has 2 fully saturated rings. The molecule has 2 amide bonds. The summed E-state index contributed by atoms with van der Waals surface area (Å²) in [6, 6.07) is 0.0291. The summed E-state index contributed by atoms with van der Waals surface area (Å²) in [4.78, 5) is 24.7. The maximum atomic E-state index is 12.3. The highest BCUT2D eigenvalue weighted by Gasteiger charge is 2.31. The highest BCUT2D eigenvalue weighted by atomic mass is 16.4. The Morgan fingerprint density at radius 2 is 1.90 bits per heavy atom. The zero-order valence-electron chi connectivity index (χ0n) is 12.3. The van der Waals surface area contributed by atoms with Crippen molar-refractivity contribution in [3.63, 3.8) is 0 Å². The van der Waals surface area contributed by atoms with Gasteiger partial charge in [-0.05, 0) is 37.5 Å². The Morgan fingerprint density at radius 3 is 2.50 bits per heavy atom. The number of nitrogens with one attached hydrogen (secondary N) is 1. The van der Waals surface area contributed by atoms with E-state index >= 15 is 0 Å². The van der Waals surface area contributed by atoms with Gasteiger partial charge in [-0.25, -0.2) is 4.79 Å². The summed E-state index contributed by atoms with van der Waals surface area (Å²) in [7, 11) is 0. The number of hydrogen-bond donors (Lipinski definition) is 2. The van der Waals surface area contributed by atoms with Crippen LogP contribution in [0.25, 0.3) is 0 Å². The van der Waals surface area contributed by atoms with Gasteiger partial charge in [0.25, 0.3) is 0 Å². The molecule has 2 N–H and O–H groups in total. The van der Waals surface area contributed by atoms with E-state index < -0.39 is 5.97 Å². The van der Waals surface area contributed by atoms with E-state index in [0.29, 0.717) is 18.4 Å². The lowest BCUT2D eigenvalue weighted by molar-refractivity contribution is -0.137. The molecule has 0 spiro atoms. The second-order valence-corrected chi connectivity index (χ2v) is 6.23. The number of amides is 2. The standard InChI is InChI=1S/C15H26N2O3/c1-2-12-5-3-4-6-13(12)16-15(20)17(10-14(18)19)9-11-7-8-11/h11-13H,2-10H2,1H3,(H,16,20)(H,18,19). The van der Waals surface area contributed by atoms with E-state index in [0.717, 1.165) is 32.1 Å². The summed E-state index contributed by atoms with van der Waals surface area (Å²) in [6.45, 7) is 2.56. The van der Waals surface area contributed by atoms with E-state index in [1.54, 1.807) is 0 Å². The molecule has 2 rings (SSSR count). The third-order valence-corrected chi connectivity index (χ3v) is 4.53. The summed E-state index contributed by atoms with van der Waals surface area (Å²) >= 11 is 0. The maximum absolute atomic E-state index is 12.3. The van der Waals surface area contributed by atoms with Gasteiger partial charge < -0.3 is 15.3 Å². The molecule has 2 saturated carbocycles. The van der Waals surface area contributed by atoms with Crippen molar-refractivity contribution in [1.29, 1.82) is 0 Å². The zero-order chi connectivity index (χ0) is 14.5. The first kappa shape index (κ1) is 15.1.